The third-order valence-corrected chi connectivity index (χ3v) is 9.84. The van der Waals surface area contributed by atoms with Gasteiger partial charge in [-0.25, -0.2) is 0 Å². The number of unbranched alkanes of at least 4 members (excludes halogenated alkanes) is 16. The van der Waals surface area contributed by atoms with Crippen molar-refractivity contribution in [3.8, 4) is 0 Å². The van der Waals surface area contributed by atoms with Crippen molar-refractivity contribution in [2.24, 2.45) is 16.6 Å². The van der Waals surface area contributed by atoms with Crippen LogP contribution in [0.5, 0.6) is 0 Å². The van der Waals surface area contributed by atoms with Crippen LogP contribution < -0.4 is 5.73 Å². The van der Waals surface area contributed by atoms with Crippen LogP contribution >= 0.6 is 31.9 Å². The van der Waals surface area contributed by atoms with Gasteiger partial charge in [0.1, 0.15) is 0 Å². The quantitative estimate of drug-likeness (QED) is 0.0923. The van der Waals surface area contributed by atoms with Crippen molar-refractivity contribution in [1.29, 1.82) is 0 Å². The van der Waals surface area contributed by atoms with Gasteiger partial charge in [-0.15, -0.1) is 0 Å². The van der Waals surface area contributed by atoms with E-state index in [0.717, 1.165) is 0 Å². The molecule has 0 aliphatic rings. The largest absolute Gasteiger partial charge is 0.323 e. The lowest BCUT2D eigenvalue weighted by Crippen LogP contribution is -2.66. The Morgan fingerprint density at radius 2 is 0.727 bits per heavy atom. The molecule has 1 nitrogen and oxygen atoms in total. The second-order valence-corrected chi connectivity index (χ2v) is 15.2. The monoisotopic (exact) mass is 593 g/mol. The van der Waals surface area contributed by atoms with Gasteiger partial charge in [0, 0.05) is 5.54 Å². The Balaban J connectivity index is 4.46. The maximum atomic E-state index is 7.32. The van der Waals surface area contributed by atoms with Gasteiger partial charge in [-0.2, -0.15) is 0 Å². The highest BCUT2D eigenvalue weighted by atomic mass is 79.9. The van der Waals surface area contributed by atoms with Crippen LogP contribution in [0, 0.1) is 10.8 Å². The van der Waals surface area contributed by atoms with Crippen molar-refractivity contribution >= 4 is 31.9 Å². The van der Waals surface area contributed by atoms with Crippen LogP contribution in [-0.4, -0.2) is 9.28 Å². The molecule has 0 spiro atoms. The zero-order valence-electron chi connectivity index (χ0n) is 23.6. The SMILES string of the molecule is CCCCCCCCCCCC(C)(C)C(N)(C(Br)Br)C(C)(C)CCCCCCCCCCC. The molecule has 0 bridgehead atoms. The van der Waals surface area contributed by atoms with Crippen molar-refractivity contribution < 1.29 is 0 Å². The Labute approximate surface area is 226 Å². The minimum Gasteiger partial charge on any atom is -0.323 e. The zero-order valence-corrected chi connectivity index (χ0v) is 26.7. The molecule has 0 radical (unpaired) electrons. The summed E-state index contributed by atoms with van der Waals surface area (Å²) in [5.74, 6) is 0. The topological polar surface area (TPSA) is 26.0 Å². The number of rotatable bonds is 23. The molecule has 200 valence electrons. The Morgan fingerprint density at radius 1 is 0.485 bits per heavy atom. The van der Waals surface area contributed by atoms with Crippen LogP contribution in [-0.2, 0) is 0 Å². The Morgan fingerprint density at radius 3 is 0.970 bits per heavy atom. The molecule has 0 aromatic carbocycles. The molecule has 0 heterocycles. The lowest BCUT2D eigenvalue weighted by atomic mass is 9.57. The maximum absolute atomic E-state index is 7.32. The second kappa shape index (κ2) is 19.1. The summed E-state index contributed by atoms with van der Waals surface area (Å²) in [4.78, 5) is 0. The smallest absolute Gasteiger partial charge is 0.0887 e. The summed E-state index contributed by atoms with van der Waals surface area (Å²) in [6, 6.07) is 0. The molecule has 0 aliphatic carbocycles. The Bertz CT molecular complexity index is 411. The van der Waals surface area contributed by atoms with Crippen LogP contribution in [0.15, 0.2) is 0 Å². The summed E-state index contributed by atoms with van der Waals surface area (Å²) in [6.07, 6.45) is 27.3. The average molecular weight is 596 g/mol. The lowest BCUT2D eigenvalue weighted by molar-refractivity contribution is 0.0330. The van der Waals surface area contributed by atoms with Gasteiger partial charge in [-0.3, -0.25) is 0 Å². The van der Waals surface area contributed by atoms with E-state index in [2.05, 4.69) is 73.4 Å². The molecular formula is C30H61Br2N. The van der Waals surface area contributed by atoms with Gasteiger partial charge >= 0.3 is 0 Å². The van der Waals surface area contributed by atoms with E-state index in [0.29, 0.717) is 0 Å². The first-order valence-electron chi connectivity index (χ1n) is 14.6. The molecule has 0 aliphatic heterocycles. The van der Waals surface area contributed by atoms with E-state index in [1.165, 1.54) is 128 Å². The number of halogens is 2. The normalized spacial score (nSPS) is 13.3. The van der Waals surface area contributed by atoms with E-state index in [4.69, 9.17) is 5.73 Å². The summed E-state index contributed by atoms with van der Waals surface area (Å²) in [5, 5.41) is 0. The maximum Gasteiger partial charge on any atom is 0.0887 e. The molecule has 2 N–H and O–H groups in total. The van der Waals surface area contributed by atoms with Gasteiger partial charge in [0.05, 0.1) is 3.74 Å². The van der Waals surface area contributed by atoms with E-state index in [9.17, 15) is 0 Å². The number of hydrogen-bond donors (Lipinski definition) is 1. The fourth-order valence-corrected chi connectivity index (χ4v) is 8.15. The summed E-state index contributed by atoms with van der Waals surface area (Å²) >= 11 is 7.78. The van der Waals surface area contributed by atoms with E-state index in [-0.39, 0.29) is 20.1 Å². The summed E-state index contributed by atoms with van der Waals surface area (Å²) in [5.41, 5.74) is 7.19. The molecule has 0 aromatic heterocycles. The highest BCUT2D eigenvalue weighted by Crippen LogP contribution is 2.53. The molecule has 3 heteroatoms. The molecule has 0 amide bonds. The van der Waals surface area contributed by atoms with Crippen LogP contribution in [0.1, 0.15) is 170 Å². The van der Waals surface area contributed by atoms with Crippen molar-refractivity contribution in [2.45, 2.75) is 179 Å². The Hall–Kier alpha value is 0.920. The van der Waals surface area contributed by atoms with Crippen LogP contribution in [0.25, 0.3) is 0 Å². The van der Waals surface area contributed by atoms with Crippen LogP contribution in [0.2, 0.25) is 0 Å². The molecule has 0 saturated heterocycles. The van der Waals surface area contributed by atoms with Crippen LogP contribution in [0.3, 0.4) is 0 Å². The fraction of sp³-hybridized carbons (Fsp3) is 1.00. The predicted octanol–water partition coefficient (Wildman–Crippen LogP) is 11.7. The van der Waals surface area contributed by atoms with E-state index in [1.54, 1.807) is 0 Å². The standard InChI is InChI=1S/C30H61Br2N/c1-7-9-11-13-15-17-19-21-23-25-28(3,4)30(33,27(31)32)29(5,6)26-24-22-20-18-16-14-12-10-8-2/h27H,7-26,33H2,1-6H3. The van der Waals surface area contributed by atoms with Crippen molar-refractivity contribution in [1.82, 2.24) is 0 Å². The summed E-state index contributed by atoms with van der Waals surface area (Å²) < 4.78 is 0.125. The van der Waals surface area contributed by atoms with Gasteiger partial charge in [-0.05, 0) is 23.7 Å². The van der Waals surface area contributed by atoms with Crippen LogP contribution in [0.4, 0.5) is 0 Å². The summed E-state index contributed by atoms with van der Waals surface area (Å²) in [7, 11) is 0. The van der Waals surface area contributed by atoms with Crippen molar-refractivity contribution in [3.63, 3.8) is 0 Å². The first kappa shape index (κ1) is 33.9. The van der Waals surface area contributed by atoms with Gasteiger partial charge < -0.3 is 5.73 Å². The van der Waals surface area contributed by atoms with Gasteiger partial charge in [0.2, 0.25) is 0 Å². The van der Waals surface area contributed by atoms with E-state index >= 15 is 0 Å². The minimum atomic E-state index is -0.291. The molecule has 0 fully saturated rings. The number of alkyl halides is 2. The molecule has 0 aromatic rings. The highest BCUT2D eigenvalue weighted by Gasteiger charge is 2.54. The van der Waals surface area contributed by atoms with E-state index in [1.807, 2.05) is 0 Å². The van der Waals surface area contributed by atoms with Gasteiger partial charge in [0.25, 0.3) is 0 Å². The average Bonchev–Trinajstić information content (AvgIpc) is 2.75. The third kappa shape index (κ3) is 13.2. The first-order chi connectivity index (χ1) is 15.6. The summed E-state index contributed by atoms with van der Waals surface area (Å²) in [6.45, 7) is 14.2. The number of hydrogen-bond acceptors (Lipinski definition) is 1. The third-order valence-electron chi connectivity index (χ3n) is 8.39. The van der Waals surface area contributed by atoms with E-state index < -0.39 is 0 Å². The molecule has 0 saturated carbocycles. The molecule has 0 unspecified atom stereocenters. The zero-order chi connectivity index (χ0) is 25.2. The highest BCUT2D eigenvalue weighted by molar-refractivity contribution is 9.24. The fourth-order valence-electron chi connectivity index (χ4n) is 5.68. The van der Waals surface area contributed by atoms with Gasteiger partial charge in [0.15, 0.2) is 0 Å². The Kier molecular flexibility index (Phi) is 19.6. The first-order valence-corrected chi connectivity index (χ1v) is 16.5. The second-order valence-electron chi connectivity index (χ2n) is 12.1. The molecular weight excluding hydrogens is 534 g/mol. The van der Waals surface area contributed by atoms with Crippen molar-refractivity contribution in [3.05, 3.63) is 0 Å². The minimum absolute atomic E-state index is 0.0779. The number of nitrogens with two attached hydrogens (primary N) is 1. The lowest BCUT2D eigenvalue weighted by Gasteiger charge is -2.55. The van der Waals surface area contributed by atoms with Gasteiger partial charge in [-0.1, -0.05) is 189 Å². The van der Waals surface area contributed by atoms with Crippen molar-refractivity contribution in [2.75, 3.05) is 0 Å². The molecule has 33 heavy (non-hydrogen) atoms. The molecule has 0 atom stereocenters. The molecule has 0 rings (SSSR count). The predicted molar refractivity (Wildman–Crippen MR) is 160 cm³/mol.